The normalized spacial score (nSPS) is 10.4. The number of halogens is 2. The van der Waals surface area contributed by atoms with E-state index in [9.17, 15) is 0 Å². The molecular weight excluding hydrogens is 291 g/mol. The van der Waals surface area contributed by atoms with Crippen molar-refractivity contribution in [1.82, 2.24) is 4.98 Å². The lowest BCUT2D eigenvalue weighted by atomic mass is 10.3. The molecule has 5 heteroatoms. The first kappa shape index (κ1) is 11.5. The van der Waals surface area contributed by atoms with E-state index in [1.807, 2.05) is 19.1 Å². The van der Waals surface area contributed by atoms with Crippen LogP contribution in [0, 0.1) is 6.92 Å². The summed E-state index contributed by atoms with van der Waals surface area (Å²) in [7, 11) is 0. The van der Waals surface area contributed by atoms with Gasteiger partial charge in [-0.1, -0.05) is 11.6 Å². The lowest BCUT2D eigenvalue weighted by Crippen LogP contribution is -2.01. The highest BCUT2D eigenvalue weighted by Gasteiger charge is 2.05. The molecule has 0 aromatic carbocycles. The van der Waals surface area contributed by atoms with Crippen LogP contribution < -0.4 is 5.32 Å². The maximum Gasteiger partial charge on any atom is 0.136 e. The fourth-order valence-corrected chi connectivity index (χ4v) is 1.88. The molecule has 0 aliphatic rings. The first-order chi connectivity index (χ1) is 7.66. The van der Waals surface area contributed by atoms with E-state index >= 15 is 0 Å². The van der Waals surface area contributed by atoms with Crippen molar-refractivity contribution in [1.29, 1.82) is 0 Å². The molecule has 0 aliphatic heterocycles. The molecule has 0 saturated heterocycles. The Morgan fingerprint density at radius 3 is 2.88 bits per heavy atom. The van der Waals surface area contributed by atoms with E-state index in [2.05, 4.69) is 26.2 Å². The molecule has 3 nitrogen and oxygen atoms in total. The summed E-state index contributed by atoms with van der Waals surface area (Å²) in [5.74, 6) is 0.856. The first-order valence-electron chi connectivity index (χ1n) is 4.75. The summed E-state index contributed by atoms with van der Waals surface area (Å²) in [4.78, 5) is 4.16. The zero-order valence-corrected chi connectivity index (χ0v) is 11.0. The van der Waals surface area contributed by atoms with E-state index in [0.29, 0.717) is 11.7 Å². The van der Waals surface area contributed by atoms with Gasteiger partial charge >= 0.3 is 0 Å². The molecule has 0 unspecified atom stereocenters. The third kappa shape index (κ3) is 2.57. The van der Waals surface area contributed by atoms with Crippen LogP contribution in [0.5, 0.6) is 0 Å². The molecule has 0 radical (unpaired) electrons. The summed E-state index contributed by atoms with van der Waals surface area (Å²) in [6, 6.07) is 5.53. The van der Waals surface area contributed by atoms with Gasteiger partial charge in [0.15, 0.2) is 0 Å². The number of aromatic nitrogens is 1. The zero-order valence-electron chi connectivity index (χ0n) is 8.63. The Morgan fingerprint density at radius 1 is 1.44 bits per heavy atom. The van der Waals surface area contributed by atoms with Gasteiger partial charge in [-0.25, -0.2) is 4.98 Å². The smallest absolute Gasteiger partial charge is 0.136 e. The summed E-state index contributed by atoms with van der Waals surface area (Å²) in [6.07, 6.45) is 1.65. The van der Waals surface area contributed by atoms with E-state index < -0.39 is 0 Å². The van der Waals surface area contributed by atoms with Gasteiger partial charge in [-0.3, -0.25) is 0 Å². The molecule has 0 amide bonds. The molecule has 2 heterocycles. The van der Waals surface area contributed by atoms with Gasteiger partial charge in [0.1, 0.15) is 10.9 Å². The van der Waals surface area contributed by atoms with Gasteiger partial charge in [0.2, 0.25) is 0 Å². The third-order valence-corrected chi connectivity index (χ3v) is 3.10. The molecule has 1 N–H and O–H groups in total. The average Bonchev–Trinajstić information content (AvgIpc) is 2.63. The summed E-state index contributed by atoms with van der Waals surface area (Å²) in [5.41, 5.74) is 1.82. The Labute approximate surface area is 107 Å². The number of aryl methyl sites for hydroxylation is 1. The number of hydrogen-bond donors (Lipinski definition) is 1. The number of nitrogens with zero attached hydrogens (tertiary/aromatic N) is 1. The molecule has 0 spiro atoms. The third-order valence-electron chi connectivity index (χ3n) is 2.18. The van der Waals surface area contributed by atoms with E-state index in [-0.39, 0.29) is 0 Å². The predicted octanol–water partition coefficient (Wildman–Crippen LogP) is 4.01. The van der Waals surface area contributed by atoms with Gasteiger partial charge in [-0.15, -0.1) is 0 Å². The minimum Gasteiger partial charge on any atom is -0.466 e. The topological polar surface area (TPSA) is 38.1 Å². The van der Waals surface area contributed by atoms with Crippen LogP contribution in [-0.4, -0.2) is 4.98 Å². The van der Waals surface area contributed by atoms with Gasteiger partial charge in [0.25, 0.3) is 0 Å². The van der Waals surface area contributed by atoms with Crippen molar-refractivity contribution in [2.75, 3.05) is 5.32 Å². The van der Waals surface area contributed by atoms with Gasteiger partial charge in [0.05, 0.1) is 28.7 Å². The van der Waals surface area contributed by atoms with E-state index in [4.69, 9.17) is 16.0 Å². The van der Waals surface area contributed by atoms with Crippen LogP contribution >= 0.6 is 27.5 Å². The average molecular weight is 302 g/mol. The molecule has 16 heavy (non-hydrogen) atoms. The van der Waals surface area contributed by atoms with E-state index in [1.165, 1.54) is 0 Å². The second-order valence-corrected chi connectivity index (χ2v) is 4.55. The zero-order chi connectivity index (χ0) is 11.5. The fraction of sp³-hybridized carbons (Fsp3) is 0.182. The van der Waals surface area contributed by atoms with E-state index in [1.54, 1.807) is 12.3 Å². The molecular formula is C11H10BrClN2O. The van der Waals surface area contributed by atoms with Crippen LogP contribution in [0.1, 0.15) is 11.5 Å². The van der Waals surface area contributed by atoms with Crippen LogP contribution in [-0.2, 0) is 6.54 Å². The monoisotopic (exact) mass is 300 g/mol. The summed E-state index contributed by atoms with van der Waals surface area (Å²) in [5, 5.41) is 3.74. The number of pyridine rings is 1. The van der Waals surface area contributed by atoms with Crippen LogP contribution in [0.15, 0.2) is 33.4 Å². The summed E-state index contributed by atoms with van der Waals surface area (Å²) >= 11 is 9.18. The van der Waals surface area contributed by atoms with Crippen molar-refractivity contribution in [2.24, 2.45) is 0 Å². The molecule has 2 aromatic heterocycles. The molecule has 0 bridgehead atoms. The minimum atomic E-state index is 0.502. The van der Waals surface area contributed by atoms with Gasteiger partial charge in [0, 0.05) is 0 Å². The standard InChI is InChI=1S/C11H10BrClN2O/c1-7-9(2-3-11(13)15-7)14-6-10-8(12)4-5-16-10/h2-5,14H,6H2,1H3. The fourth-order valence-electron chi connectivity index (χ4n) is 1.34. The van der Waals surface area contributed by atoms with Crippen molar-refractivity contribution in [3.8, 4) is 0 Å². The van der Waals surface area contributed by atoms with Crippen molar-refractivity contribution in [3.63, 3.8) is 0 Å². The van der Waals surface area contributed by atoms with Gasteiger partial charge < -0.3 is 9.73 Å². The molecule has 2 rings (SSSR count). The highest BCUT2D eigenvalue weighted by Crippen LogP contribution is 2.20. The highest BCUT2D eigenvalue weighted by molar-refractivity contribution is 9.10. The summed E-state index contributed by atoms with van der Waals surface area (Å²) in [6.45, 7) is 2.52. The van der Waals surface area contributed by atoms with Crippen LogP contribution in [0.3, 0.4) is 0 Å². The van der Waals surface area contributed by atoms with Crippen LogP contribution in [0.2, 0.25) is 5.15 Å². The molecule has 0 atom stereocenters. The minimum absolute atomic E-state index is 0.502. The Kier molecular flexibility index (Phi) is 3.51. The highest BCUT2D eigenvalue weighted by atomic mass is 79.9. The maximum atomic E-state index is 5.78. The molecule has 2 aromatic rings. The second-order valence-electron chi connectivity index (χ2n) is 3.31. The van der Waals surface area contributed by atoms with Crippen LogP contribution in [0.25, 0.3) is 0 Å². The van der Waals surface area contributed by atoms with Gasteiger partial charge in [-0.2, -0.15) is 0 Å². The molecule has 0 aliphatic carbocycles. The molecule has 84 valence electrons. The van der Waals surface area contributed by atoms with Crippen molar-refractivity contribution < 1.29 is 4.42 Å². The second kappa shape index (κ2) is 4.89. The largest absolute Gasteiger partial charge is 0.466 e. The van der Waals surface area contributed by atoms with Gasteiger partial charge in [-0.05, 0) is 41.1 Å². The Balaban J connectivity index is 2.08. The number of nitrogens with one attached hydrogen (secondary N) is 1. The Hall–Kier alpha value is -1.00. The number of hydrogen-bond acceptors (Lipinski definition) is 3. The number of furan rings is 1. The number of rotatable bonds is 3. The lowest BCUT2D eigenvalue weighted by Gasteiger charge is -2.07. The Bertz CT molecular complexity index is 498. The van der Waals surface area contributed by atoms with E-state index in [0.717, 1.165) is 21.6 Å². The molecule has 0 fully saturated rings. The molecule has 0 saturated carbocycles. The van der Waals surface area contributed by atoms with Crippen molar-refractivity contribution in [2.45, 2.75) is 13.5 Å². The predicted molar refractivity (Wildman–Crippen MR) is 67.7 cm³/mol. The number of anilines is 1. The summed E-state index contributed by atoms with van der Waals surface area (Å²) < 4.78 is 6.25. The maximum absolute atomic E-state index is 5.78. The van der Waals surface area contributed by atoms with Crippen molar-refractivity contribution >= 4 is 33.2 Å². The quantitative estimate of drug-likeness (QED) is 0.870. The lowest BCUT2D eigenvalue weighted by molar-refractivity contribution is 0.516. The van der Waals surface area contributed by atoms with Crippen molar-refractivity contribution in [3.05, 3.63) is 45.5 Å². The van der Waals surface area contributed by atoms with Crippen LogP contribution in [0.4, 0.5) is 5.69 Å². The first-order valence-corrected chi connectivity index (χ1v) is 5.93. The Morgan fingerprint density at radius 2 is 2.25 bits per heavy atom. The SMILES string of the molecule is Cc1nc(Cl)ccc1NCc1occc1Br.